The molecule has 154 valence electrons. The number of carbonyl (C=O) groups excluding carboxylic acids is 1. The van der Waals surface area contributed by atoms with Gasteiger partial charge in [-0.1, -0.05) is 36.4 Å². The predicted octanol–water partition coefficient (Wildman–Crippen LogP) is 4.40. The molecule has 0 saturated heterocycles. The van der Waals surface area contributed by atoms with Gasteiger partial charge in [0.25, 0.3) is 0 Å². The molecular weight excluding hydrogens is 376 g/mol. The van der Waals surface area contributed by atoms with Crippen LogP contribution in [-0.4, -0.2) is 29.1 Å². The largest absolute Gasteiger partial charge is 0.454 e. The first-order valence-electron chi connectivity index (χ1n) is 10.4. The van der Waals surface area contributed by atoms with Crippen molar-refractivity contribution < 1.29 is 14.3 Å². The molecule has 3 aromatic rings. The van der Waals surface area contributed by atoms with Gasteiger partial charge in [-0.15, -0.1) is 0 Å². The zero-order chi connectivity index (χ0) is 20.6. The Bertz CT molecular complexity index is 961. The van der Waals surface area contributed by atoms with Gasteiger partial charge in [-0.3, -0.25) is 9.78 Å². The average Bonchev–Trinajstić information content (AvgIpc) is 3.26. The van der Waals surface area contributed by atoms with Crippen LogP contribution in [-0.2, 0) is 24.2 Å². The number of carbonyl (C=O) groups is 1. The van der Waals surface area contributed by atoms with E-state index in [0.717, 1.165) is 42.0 Å². The van der Waals surface area contributed by atoms with E-state index in [1.54, 1.807) is 12.4 Å². The van der Waals surface area contributed by atoms with Gasteiger partial charge in [0.2, 0.25) is 12.7 Å². The molecule has 30 heavy (non-hydrogen) atoms. The normalized spacial score (nSPS) is 12.0. The molecule has 5 heteroatoms. The van der Waals surface area contributed by atoms with Crippen LogP contribution in [0.1, 0.15) is 29.5 Å². The Morgan fingerprint density at radius 3 is 2.50 bits per heavy atom. The van der Waals surface area contributed by atoms with Crippen molar-refractivity contribution in [2.45, 2.75) is 32.2 Å². The van der Waals surface area contributed by atoms with E-state index in [-0.39, 0.29) is 12.7 Å². The predicted molar refractivity (Wildman–Crippen MR) is 115 cm³/mol. The quantitative estimate of drug-likeness (QED) is 0.532. The molecule has 1 aliphatic heterocycles. The second-order valence-corrected chi connectivity index (χ2v) is 7.45. The summed E-state index contributed by atoms with van der Waals surface area (Å²) < 4.78 is 10.8. The van der Waals surface area contributed by atoms with Crippen molar-refractivity contribution >= 4 is 5.91 Å². The minimum atomic E-state index is 0.164. The van der Waals surface area contributed by atoms with E-state index in [1.165, 1.54) is 5.56 Å². The molecule has 1 aromatic heterocycles. The van der Waals surface area contributed by atoms with Gasteiger partial charge in [0.05, 0.1) is 0 Å². The van der Waals surface area contributed by atoms with Gasteiger partial charge in [-0.05, 0) is 60.2 Å². The highest BCUT2D eigenvalue weighted by atomic mass is 16.7. The first-order valence-corrected chi connectivity index (χ1v) is 10.4. The van der Waals surface area contributed by atoms with Gasteiger partial charge >= 0.3 is 0 Å². The SMILES string of the molecule is O=C(CCc1ccc2c(c1)OCO2)N(CCCc1ccccc1)Cc1ccncc1. The molecule has 4 rings (SSSR count). The third-order valence-electron chi connectivity index (χ3n) is 5.28. The zero-order valence-corrected chi connectivity index (χ0v) is 17.0. The topological polar surface area (TPSA) is 51.7 Å². The summed E-state index contributed by atoms with van der Waals surface area (Å²) >= 11 is 0. The summed E-state index contributed by atoms with van der Waals surface area (Å²) in [5, 5.41) is 0. The van der Waals surface area contributed by atoms with Crippen molar-refractivity contribution in [2.24, 2.45) is 0 Å². The van der Waals surface area contributed by atoms with Crippen LogP contribution < -0.4 is 9.47 Å². The summed E-state index contributed by atoms with van der Waals surface area (Å²) in [6.07, 6.45) is 6.59. The lowest BCUT2D eigenvalue weighted by molar-refractivity contribution is -0.131. The molecule has 0 bridgehead atoms. The summed E-state index contributed by atoms with van der Waals surface area (Å²) in [4.78, 5) is 19.1. The van der Waals surface area contributed by atoms with E-state index in [4.69, 9.17) is 9.47 Å². The molecule has 5 nitrogen and oxygen atoms in total. The summed E-state index contributed by atoms with van der Waals surface area (Å²) in [6.45, 7) is 1.60. The number of benzene rings is 2. The maximum atomic E-state index is 13.1. The highest BCUT2D eigenvalue weighted by Gasteiger charge is 2.16. The maximum Gasteiger partial charge on any atom is 0.231 e. The Kier molecular flexibility index (Phi) is 6.60. The van der Waals surface area contributed by atoms with Crippen LogP contribution in [0, 0.1) is 0 Å². The number of rotatable bonds is 9. The molecule has 1 aliphatic rings. The van der Waals surface area contributed by atoms with Gasteiger partial charge in [-0.2, -0.15) is 0 Å². The highest BCUT2D eigenvalue weighted by Crippen LogP contribution is 2.32. The number of hydrogen-bond donors (Lipinski definition) is 0. The highest BCUT2D eigenvalue weighted by molar-refractivity contribution is 5.76. The van der Waals surface area contributed by atoms with Gasteiger partial charge in [-0.25, -0.2) is 0 Å². The van der Waals surface area contributed by atoms with Crippen molar-refractivity contribution in [1.82, 2.24) is 9.88 Å². The fourth-order valence-electron chi connectivity index (χ4n) is 3.63. The third-order valence-corrected chi connectivity index (χ3v) is 5.28. The lowest BCUT2D eigenvalue weighted by Crippen LogP contribution is -2.32. The van der Waals surface area contributed by atoms with Gasteiger partial charge in [0.1, 0.15) is 0 Å². The molecule has 0 atom stereocenters. The number of amides is 1. The third kappa shape index (κ3) is 5.38. The minimum absolute atomic E-state index is 0.164. The van der Waals surface area contributed by atoms with Crippen molar-refractivity contribution in [1.29, 1.82) is 0 Å². The Morgan fingerprint density at radius 1 is 0.867 bits per heavy atom. The Morgan fingerprint density at radius 2 is 1.67 bits per heavy atom. The smallest absolute Gasteiger partial charge is 0.231 e. The van der Waals surface area contributed by atoms with Crippen LogP contribution >= 0.6 is 0 Å². The molecule has 1 amide bonds. The lowest BCUT2D eigenvalue weighted by atomic mass is 10.1. The van der Waals surface area contributed by atoms with Gasteiger partial charge in [0.15, 0.2) is 11.5 Å². The van der Waals surface area contributed by atoms with Gasteiger partial charge < -0.3 is 14.4 Å². The number of nitrogens with zero attached hydrogens (tertiary/aromatic N) is 2. The fraction of sp³-hybridized carbons (Fsp3) is 0.280. The van der Waals surface area contributed by atoms with E-state index < -0.39 is 0 Å². The van der Waals surface area contributed by atoms with Crippen LogP contribution in [0.2, 0.25) is 0 Å². The molecule has 0 aliphatic carbocycles. The molecular formula is C25H26N2O3. The monoisotopic (exact) mass is 402 g/mol. The van der Waals surface area contributed by atoms with E-state index in [2.05, 4.69) is 29.2 Å². The first-order chi connectivity index (χ1) is 14.8. The maximum absolute atomic E-state index is 13.1. The van der Waals surface area contributed by atoms with Crippen LogP contribution in [0.3, 0.4) is 0 Å². The lowest BCUT2D eigenvalue weighted by Gasteiger charge is -2.23. The van der Waals surface area contributed by atoms with Crippen LogP contribution in [0.5, 0.6) is 11.5 Å². The number of fused-ring (bicyclic) bond motifs is 1. The minimum Gasteiger partial charge on any atom is -0.454 e. The molecule has 0 unspecified atom stereocenters. The Labute approximate surface area is 177 Å². The Balaban J connectivity index is 1.36. The van der Waals surface area contributed by atoms with E-state index in [0.29, 0.717) is 19.4 Å². The molecule has 0 radical (unpaired) electrons. The molecule has 2 aromatic carbocycles. The number of hydrogen-bond acceptors (Lipinski definition) is 4. The van der Waals surface area contributed by atoms with Crippen LogP contribution in [0.15, 0.2) is 73.1 Å². The van der Waals surface area contributed by atoms with E-state index >= 15 is 0 Å². The van der Waals surface area contributed by atoms with Crippen molar-refractivity contribution in [3.8, 4) is 11.5 Å². The fourth-order valence-corrected chi connectivity index (χ4v) is 3.63. The number of ether oxygens (including phenoxy) is 2. The Hall–Kier alpha value is -3.34. The zero-order valence-electron chi connectivity index (χ0n) is 17.0. The average molecular weight is 402 g/mol. The second-order valence-electron chi connectivity index (χ2n) is 7.45. The molecule has 0 spiro atoms. The first kappa shape index (κ1) is 20.0. The summed E-state index contributed by atoms with van der Waals surface area (Å²) in [7, 11) is 0. The molecule has 0 N–H and O–H groups in total. The number of aromatic nitrogens is 1. The van der Waals surface area contributed by atoms with Crippen molar-refractivity contribution in [3.05, 3.63) is 89.7 Å². The molecule has 0 saturated carbocycles. The summed E-state index contributed by atoms with van der Waals surface area (Å²) in [5.41, 5.74) is 3.48. The summed E-state index contributed by atoms with van der Waals surface area (Å²) in [5.74, 6) is 1.69. The standard InChI is InChI=1S/C25H26N2O3/c28-25(11-9-21-8-10-23-24(17-21)30-19-29-23)27(18-22-12-14-26-15-13-22)16-4-7-20-5-2-1-3-6-20/h1-3,5-6,8,10,12-15,17H,4,7,9,11,16,18-19H2. The number of pyridine rings is 1. The second kappa shape index (κ2) is 9.92. The number of aryl methyl sites for hydroxylation is 2. The van der Waals surface area contributed by atoms with Crippen LogP contribution in [0.25, 0.3) is 0 Å². The molecule has 2 heterocycles. The van der Waals surface area contributed by atoms with E-state index in [1.807, 2.05) is 41.3 Å². The van der Waals surface area contributed by atoms with Gasteiger partial charge in [0, 0.05) is 31.9 Å². The van der Waals surface area contributed by atoms with Crippen molar-refractivity contribution in [3.63, 3.8) is 0 Å². The summed E-state index contributed by atoms with van der Waals surface area (Å²) in [6, 6.07) is 20.2. The van der Waals surface area contributed by atoms with Crippen molar-refractivity contribution in [2.75, 3.05) is 13.3 Å². The van der Waals surface area contributed by atoms with Crippen LogP contribution in [0.4, 0.5) is 0 Å². The molecule has 0 fully saturated rings. The van der Waals surface area contributed by atoms with E-state index in [9.17, 15) is 4.79 Å².